The van der Waals surface area contributed by atoms with Gasteiger partial charge in [-0.3, -0.25) is 0 Å². The van der Waals surface area contributed by atoms with Crippen molar-refractivity contribution in [3.05, 3.63) is 27.3 Å². The van der Waals surface area contributed by atoms with Gasteiger partial charge in [0, 0.05) is 0 Å². The Morgan fingerprint density at radius 3 is 2.54 bits per heavy atom. The fourth-order valence-corrected chi connectivity index (χ4v) is 1.56. The van der Waals surface area contributed by atoms with Crippen LogP contribution in [0.3, 0.4) is 0 Å². The van der Waals surface area contributed by atoms with Gasteiger partial charge in [-0.25, -0.2) is 0 Å². The lowest BCUT2D eigenvalue weighted by molar-refractivity contribution is 0.0530. The van der Waals surface area contributed by atoms with Gasteiger partial charge in [-0.15, -0.1) is 0 Å². The molecule has 3 heteroatoms. The third-order valence-electron chi connectivity index (χ3n) is 2.26. The van der Waals surface area contributed by atoms with Crippen LogP contribution >= 0.6 is 22.6 Å². The summed E-state index contributed by atoms with van der Waals surface area (Å²) in [6, 6.07) is 5.17. The summed E-state index contributed by atoms with van der Waals surface area (Å²) in [6.07, 6.45) is 0.661. The van der Waals surface area contributed by atoms with Crippen LogP contribution in [0.1, 0.15) is 25.8 Å². The number of rotatable bonds is 2. The van der Waals surface area contributed by atoms with E-state index in [1.807, 2.05) is 29.5 Å². The summed E-state index contributed by atoms with van der Waals surface area (Å²) in [6.45, 7) is 3.70. The first kappa shape index (κ1) is 10.8. The lowest BCUT2D eigenvalue weighted by Crippen LogP contribution is -2.19. The largest absolute Gasteiger partial charge is 0.507 e. The van der Waals surface area contributed by atoms with Gasteiger partial charge in [0.2, 0.25) is 0 Å². The Bertz CT molecular complexity index is 308. The zero-order valence-corrected chi connectivity index (χ0v) is 9.87. The summed E-state index contributed by atoms with van der Waals surface area (Å²) < 4.78 is 0.767. The fourth-order valence-electron chi connectivity index (χ4n) is 1.05. The molecule has 1 rings (SSSR count). The summed E-state index contributed by atoms with van der Waals surface area (Å²) in [5.74, 6) is 0.260. The predicted octanol–water partition coefficient (Wildman–Crippen LogP) is 2.61. The number of halogens is 1. The molecular formula is C10H13IO2. The van der Waals surface area contributed by atoms with E-state index >= 15 is 0 Å². The number of aromatic hydroxyl groups is 1. The zero-order chi connectivity index (χ0) is 10.1. The van der Waals surface area contributed by atoms with Crippen molar-refractivity contribution in [2.24, 2.45) is 0 Å². The highest BCUT2D eigenvalue weighted by molar-refractivity contribution is 14.1. The zero-order valence-electron chi connectivity index (χ0n) is 7.71. The molecule has 0 aliphatic carbocycles. The molecule has 0 bridgehead atoms. The molecule has 0 aliphatic heterocycles. The van der Waals surface area contributed by atoms with Crippen molar-refractivity contribution in [3.63, 3.8) is 0 Å². The molecule has 2 nitrogen and oxygen atoms in total. The van der Waals surface area contributed by atoms with Gasteiger partial charge in [0.1, 0.15) is 5.75 Å². The van der Waals surface area contributed by atoms with E-state index in [0.29, 0.717) is 6.42 Å². The first-order chi connectivity index (χ1) is 5.97. The molecule has 0 saturated carbocycles. The molecule has 72 valence electrons. The molecule has 1 atom stereocenters. The molecule has 0 amide bonds. The number of hydrogen-bond donors (Lipinski definition) is 2. The maximum absolute atomic E-state index is 9.92. The van der Waals surface area contributed by atoms with Crippen LogP contribution in [0.15, 0.2) is 18.2 Å². The van der Waals surface area contributed by atoms with E-state index < -0.39 is 5.60 Å². The van der Waals surface area contributed by atoms with E-state index in [1.54, 1.807) is 25.1 Å². The average Bonchev–Trinajstić information content (AvgIpc) is 2.09. The third-order valence-corrected chi connectivity index (χ3v) is 3.12. The summed E-state index contributed by atoms with van der Waals surface area (Å²) in [5, 5.41) is 19.2. The Morgan fingerprint density at radius 1 is 1.46 bits per heavy atom. The van der Waals surface area contributed by atoms with Crippen molar-refractivity contribution in [1.82, 2.24) is 0 Å². The minimum atomic E-state index is -0.798. The number of aliphatic hydroxyl groups is 1. The van der Waals surface area contributed by atoms with Gasteiger partial charge < -0.3 is 10.2 Å². The summed E-state index contributed by atoms with van der Waals surface area (Å²) in [7, 11) is 0. The maximum Gasteiger partial charge on any atom is 0.128 e. The van der Waals surface area contributed by atoms with E-state index in [2.05, 4.69) is 0 Å². The van der Waals surface area contributed by atoms with Gasteiger partial charge in [0.05, 0.1) is 9.17 Å². The highest BCUT2D eigenvalue weighted by atomic mass is 127. The second-order valence-electron chi connectivity index (χ2n) is 3.29. The Morgan fingerprint density at radius 2 is 2.08 bits per heavy atom. The topological polar surface area (TPSA) is 40.5 Å². The number of benzene rings is 1. The molecule has 1 aromatic rings. The second kappa shape index (κ2) is 3.84. The summed E-state index contributed by atoms with van der Waals surface area (Å²) >= 11 is 2.05. The SMILES string of the molecule is CCC(C)(O)c1ccc(O)c(I)c1. The molecule has 2 N–H and O–H groups in total. The first-order valence-electron chi connectivity index (χ1n) is 4.18. The van der Waals surface area contributed by atoms with Crippen LogP contribution in [-0.4, -0.2) is 10.2 Å². The lowest BCUT2D eigenvalue weighted by atomic mass is 9.93. The normalized spacial score (nSPS) is 15.4. The predicted molar refractivity (Wildman–Crippen MR) is 60.7 cm³/mol. The maximum atomic E-state index is 9.92. The van der Waals surface area contributed by atoms with Gasteiger partial charge in [-0.2, -0.15) is 0 Å². The number of phenolic OH excluding ortho intramolecular Hbond substituents is 1. The van der Waals surface area contributed by atoms with Gasteiger partial charge in [-0.05, 0) is 53.6 Å². The van der Waals surface area contributed by atoms with Crippen LogP contribution in [0.25, 0.3) is 0 Å². The van der Waals surface area contributed by atoms with E-state index in [4.69, 9.17) is 0 Å². The standard InChI is InChI=1S/C10H13IO2/c1-3-10(2,13)7-4-5-9(12)8(11)6-7/h4-6,12-13H,3H2,1-2H3. The second-order valence-corrected chi connectivity index (χ2v) is 4.46. The molecule has 0 fully saturated rings. The molecular weight excluding hydrogens is 279 g/mol. The van der Waals surface area contributed by atoms with Crippen molar-refractivity contribution in [2.45, 2.75) is 25.9 Å². The molecule has 1 aromatic carbocycles. The molecule has 13 heavy (non-hydrogen) atoms. The van der Waals surface area contributed by atoms with E-state index in [-0.39, 0.29) is 5.75 Å². The van der Waals surface area contributed by atoms with E-state index in [0.717, 1.165) is 9.13 Å². The molecule has 0 spiro atoms. The first-order valence-corrected chi connectivity index (χ1v) is 5.26. The Hall–Kier alpha value is -0.290. The molecule has 0 heterocycles. The van der Waals surface area contributed by atoms with Crippen LogP contribution in [0.4, 0.5) is 0 Å². The fraction of sp³-hybridized carbons (Fsp3) is 0.400. The van der Waals surface area contributed by atoms with Crippen molar-refractivity contribution >= 4 is 22.6 Å². The van der Waals surface area contributed by atoms with E-state index in [1.165, 1.54) is 0 Å². The molecule has 0 aromatic heterocycles. The van der Waals surface area contributed by atoms with Crippen LogP contribution in [0.2, 0.25) is 0 Å². The van der Waals surface area contributed by atoms with Gasteiger partial charge >= 0.3 is 0 Å². The Balaban J connectivity index is 3.10. The Labute approximate surface area is 91.7 Å². The highest BCUT2D eigenvalue weighted by Crippen LogP contribution is 2.28. The summed E-state index contributed by atoms with van der Waals surface area (Å²) in [5.41, 5.74) is 0.0466. The molecule has 1 unspecified atom stereocenters. The molecule has 0 aliphatic rings. The van der Waals surface area contributed by atoms with Crippen LogP contribution in [-0.2, 0) is 5.60 Å². The van der Waals surface area contributed by atoms with Gasteiger partial charge in [-0.1, -0.05) is 13.0 Å². The molecule has 0 radical (unpaired) electrons. The van der Waals surface area contributed by atoms with Crippen LogP contribution in [0, 0.1) is 3.57 Å². The van der Waals surface area contributed by atoms with Gasteiger partial charge in [0.25, 0.3) is 0 Å². The average molecular weight is 292 g/mol. The van der Waals surface area contributed by atoms with Crippen molar-refractivity contribution in [2.75, 3.05) is 0 Å². The van der Waals surface area contributed by atoms with Crippen LogP contribution in [0.5, 0.6) is 5.75 Å². The van der Waals surface area contributed by atoms with E-state index in [9.17, 15) is 10.2 Å². The quantitative estimate of drug-likeness (QED) is 0.823. The van der Waals surface area contributed by atoms with Crippen LogP contribution < -0.4 is 0 Å². The number of hydrogen-bond acceptors (Lipinski definition) is 2. The van der Waals surface area contributed by atoms with Gasteiger partial charge in [0.15, 0.2) is 0 Å². The molecule has 0 saturated heterocycles. The monoisotopic (exact) mass is 292 g/mol. The minimum Gasteiger partial charge on any atom is -0.507 e. The highest BCUT2D eigenvalue weighted by Gasteiger charge is 2.20. The Kier molecular flexibility index (Phi) is 3.18. The minimum absolute atomic E-state index is 0.260. The smallest absolute Gasteiger partial charge is 0.128 e. The third kappa shape index (κ3) is 2.34. The van der Waals surface area contributed by atoms with Crippen molar-refractivity contribution in [1.29, 1.82) is 0 Å². The number of phenols is 1. The van der Waals surface area contributed by atoms with Crippen molar-refractivity contribution in [3.8, 4) is 5.75 Å². The lowest BCUT2D eigenvalue weighted by Gasteiger charge is -2.22. The van der Waals surface area contributed by atoms with Crippen molar-refractivity contribution < 1.29 is 10.2 Å². The summed E-state index contributed by atoms with van der Waals surface area (Å²) in [4.78, 5) is 0.